The van der Waals surface area contributed by atoms with Gasteiger partial charge in [-0.3, -0.25) is 23.9 Å². The normalized spacial score (nSPS) is 10.5. The molecule has 3 N–H and O–H groups in total. The number of nitrogens with zero attached hydrogens (tertiary/aromatic N) is 2. The van der Waals surface area contributed by atoms with Crippen molar-refractivity contribution in [2.24, 2.45) is 0 Å². The van der Waals surface area contributed by atoms with Crippen LogP contribution < -0.4 is 26.1 Å². The van der Waals surface area contributed by atoms with E-state index in [0.717, 1.165) is 6.07 Å². The van der Waals surface area contributed by atoms with E-state index >= 15 is 0 Å². The molecule has 14 heteroatoms. The zero-order chi connectivity index (χ0) is 22.5. The third-order valence-electron chi connectivity index (χ3n) is 3.54. The van der Waals surface area contributed by atoms with Crippen molar-refractivity contribution in [1.82, 2.24) is 20.3 Å². The van der Waals surface area contributed by atoms with Crippen LogP contribution in [0.3, 0.4) is 0 Å². The number of anilines is 1. The number of carbonyl (C=O) groups excluding carboxylic acids is 2. The van der Waals surface area contributed by atoms with Crippen LogP contribution in [0, 0.1) is 0 Å². The highest BCUT2D eigenvalue weighted by molar-refractivity contribution is 6.37. The van der Waals surface area contributed by atoms with E-state index in [2.05, 4.69) is 30.2 Å². The van der Waals surface area contributed by atoms with Crippen molar-refractivity contribution in [3.63, 3.8) is 0 Å². The van der Waals surface area contributed by atoms with Crippen LogP contribution in [0.5, 0.6) is 17.4 Å². The van der Waals surface area contributed by atoms with Crippen LogP contribution >= 0.6 is 23.2 Å². The van der Waals surface area contributed by atoms with Gasteiger partial charge in [0.2, 0.25) is 17.5 Å². The Labute approximate surface area is 182 Å². The Kier molecular flexibility index (Phi) is 6.72. The maximum absolute atomic E-state index is 12.0. The molecule has 3 rings (SSSR count). The van der Waals surface area contributed by atoms with Crippen LogP contribution in [-0.4, -0.2) is 32.2 Å². The third kappa shape index (κ3) is 5.49. The van der Waals surface area contributed by atoms with Gasteiger partial charge in [0.25, 0.3) is 5.91 Å². The van der Waals surface area contributed by atoms with Gasteiger partial charge >= 0.3 is 17.3 Å². The van der Waals surface area contributed by atoms with Crippen molar-refractivity contribution in [3.8, 4) is 17.4 Å². The number of rotatable bonds is 7. The zero-order valence-corrected chi connectivity index (χ0v) is 17.2. The Morgan fingerprint density at radius 1 is 1.19 bits per heavy atom. The Bertz CT molecular complexity index is 1230. The summed E-state index contributed by atoms with van der Waals surface area (Å²) in [5.41, 5.74) is -0.558. The second-order valence-corrected chi connectivity index (χ2v) is 6.71. The smallest absolute Gasteiger partial charge is 0.434 e. The number of amides is 1. The molecule has 12 nitrogen and oxygen atoms in total. The Hall–Kier alpha value is -3.64. The average Bonchev–Trinajstić information content (AvgIpc) is 3.14. The molecule has 3 aromatic rings. The highest BCUT2D eigenvalue weighted by Gasteiger charge is 2.17. The molecule has 0 saturated heterocycles. The van der Waals surface area contributed by atoms with E-state index in [9.17, 15) is 19.2 Å². The summed E-state index contributed by atoms with van der Waals surface area (Å²) in [6.45, 7) is 1.79. The maximum atomic E-state index is 12.0. The summed E-state index contributed by atoms with van der Waals surface area (Å²) >= 11 is 12.4. The second kappa shape index (κ2) is 9.45. The highest BCUT2D eigenvalue weighted by atomic mass is 35.5. The van der Waals surface area contributed by atoms with Gasteiger partial charge in [-0.15, -0.1) is 5.10 Å². The fourth-order valence-corrected chi connectivity index (χ4v) is 2.79. The first-order valence-corrected chi connectivity index (χ1v) is 9.37. The molecule has 0 aliphatic heterocycles. The Morgan fingerprint density at radius 2 is 1.90 bits per heavy atom. The summed E-state index contributed by atoms with van der Waals surface area (Å²) in [7, 11) is 0. The Balaban J connectivity index is 1.79. The predicted octanol–water partition coefficient (Wildman–Crippen LogP) is 2.50. The lowest BCUT2D eigenvalue weighted by Gasteiger charge is -2.11. The number of halogens is 2. The van der Waals surface area contributed by atoms with Crippen molar-refractivity contribution in [1.29, 1.82) is 0 Å². The molecule has 2 aromatic heterocycles. The number of ether oxygens (including phenoxy) is 2. The van der Waals surface area contributed by atoms with E-state index in [0.29, 0.717) is 6.42 Å². The predicted molar refractivity (Wildman–Crippen MR) is 107 cm³/mol. The van der Waals surface area contributed by atoms with E-state index < -0.39 is 23.2 Å². The fraction of sp³-hybridized carbons (Fsp3) is 0.176. The Morgan fingerprint density at radius 3 is 2.52 bits per heavy atom. The zero-order valence-electron chi connectivity index (χ0n) is 15.7. The fourth-order valence-electron chi connectivity index (χ4n) is 2.23. The molecule has 2 heterocycles. The number of hydrogen-bond donors (Lipinski definition) is 3. The van der Waals surface area contributed by atoms with Gasteiger partial charge in [0.1, 0.15) is 0 Å². The quantitative estimate of drug-likeness (QED) is 0.439. The minimum Gasteiger partial charge on any atom is -0.434 e. The molecule has 0 unspecified atom stereocenters. The van der Waals surface area contributed by atoms with E-state index in [4.69, 9.17) is 32.7 Å². The van der Waals surface area contributed by atoms with Gasteiger partial charge in [-0.1, -0.05) is 30.1 Å². The monoisotopic (exact) mass is 469 g/mol. The molecule has 0 bridgehead atoms. The first-order chi connectivity index (χ1) is 14.8. The van der Waals surface area contributed by atoms with E-state index in [1.807, 2.05) is 0 Å². The number of aromatic nitrogens is 4. The lowest BCUT2D eigenvalue weighted by molar-refractivity contribution is -0.134. The minimum absolute atomic E-state index is 0.0195. The van der Waals surface area contributed by atoms with Gasteiger partial charge in [-0.2, -0.15) is 0 Å². The first-order valence-electron chi connectivity index (χ1n) is 8.61. The van der Waals surface area contributed by atoms with Crippen molar-refractivity contribution >= 4 is 40.8 Å². The van der Waals surface area contributed by atoms with Crippen molar-refractivity contribution < 1.29 is 23.6 Å². The van der Waals surface area contributed by atoms with Crippen LogP contribution in [0.25, 0.3) is 0 Å². The van der Waals surface area contributed by atoms with Crippen LogP contribution in [0.4, 0.5) is 5.69 Å². The number of nitrogens with one attached hydrogen (secondary N) is 3. The molecule has 0 radical (unpaired) electrons. The molecular formula is C17H13Cl2N5O7. The lowest BCUT2D eigenvalue weighted by atomic mass is 10.3. The second-order valence-electron chi connectivity index (χ2n) is 5.89. The van der Waals surface area contributed by atoms with E-state index in [1.165, 1.54) is 12.1 Å². The largest absolute Gasteiger partial charge is 0.439 e. The molecule has 0 aliphatic rings. The summed E-state index contributed by atoms with van der Waals surface area (Å²) in [5, 5.41) is 11.5. The first kappa shape index (κ1) is 22.1. The summed E-state index contributed by atoms with van der Waals surface area (Å²) in [6.07, 6.45) is 0.678. The van der Waals surface area contributed by atoms with Gasteiger partial charge < -0.3 is 14.8 Å². The maximum Gasteiger partial charge on any atom is 0.439 e. The molecule has 1 aromatic carbocycles. The van der Waals surface area contributed by atoms with Gasteiger partial charge in [-0.25, -0.2) is 9.89 Å². The molecule has 31 heavy (non-hydrogen) atoms. The van der Waals surface area contributed by atoms with Gasteiger partial charge in [0.05, 0.1) is 16.1 Å². The minimum atomic E-state index is -0.891. The average molecular weight is 470 g/mol. The number of H-pyrrole nitrogens is 2. The topological polar surface area (TPSA) is 169 Å². The van der Waals surface area contributed by atoms with Crippen molar-refractivity contribution in [3.05, 3.63) is 55.0 Å². The van der Waals surface area contributed by atoms with Crippen LogP contribution in [0.1, 0.15) is 30.4 Å². The van der Waals surface area contributed by atoms with Crippen LogP contribution in [0.15, 0.2) is 32.3 Å². The lowest BCUT2D eigenvalue weighted by Crippen LogP contribution is -2.17. The number of hydrogen-bond acceptors (Lipinski definition) is 9. The van der Waals surface area contributed by atoms with E-state index in [1.54, 1.807) is 6.92 Å². The molecule has 0 fully saturated rings. The van der Waals surface area contributed by atoms with Crippen LogP contribution in [0.2, 0.25) is 10.0 Å². The summed E-state index contributed by atoms with van der Waals surface area (Å²) < 4.78 is 14.7. The molecular weight excluding hydrogens is 457 g/mol. The van der Waals surface area contributed by atoms with Crippen molar-refractivity contribution in [2.75, 3.05) is 5.32 Å². The summed E-state index contributed by atoms with van der Waals surface area (Å²) in [6, 6.07) is 3.73. The SMILES string of the molecule is CCCC(=O)Oc1cc(Oc2c(Cl)cc(NC(=O)c3noc(=O)[nH]3)cc2Cl)n[nH]c1=O. The number of carbonyl (C=O) groups is 2. The summed E-state index contributed by atoms with van der Waals surface area (Å²) in [4.78, 5) is 48.5. The molecule has 0 saturated carbocycles. The molecule has 0 atom stereocenters. The number of aromatic amines is 2. The summed E-state index contributed by atoms with van der Waals surface area (Å²) in [5.74, 6) is -3.09. The molecule has 162 valence electrons. The molecule has 0 spiro atoms. The van der Waals surface area contributed by atoms with Gasteiger partial charge in [0.15, 0.2) is 5.75 Å². The van der Waals surface area contributed by atoms with Crippen LogP contribution in [-0.2, 0) is 4.79 Å². The van der Waals surface area contributed by atoms with E-state index in [-0.39, 0.29) is 45.4 Å². The van der Waals surface area contributed by atoms with Gasteiger partial charge in [0, 0.05) is 12.1 Å². The van der Waals surface area contributed by atoms with Gasteiger partial charge in [-0.05, 0) is 23.7 Å². The number of benzene rings is 1. The molecule has 0 aliphatic carbocycles. The van der Waals surface area contributed by atoms with Crippen molar-refractivity contribution in [2.45, 2.75) is 19.8 Å². The third-order valence-corrected chi connectivity index (χ3v) is 4.10. The molecule has 1 amide bonds. The standard InChI is InChI=1S/C17H13Cl2N5O7/c1-2-3-12(25)29-10-6-11(22-23-15(10)26)30-13-8(18)4-7(5-9(13)19)20-16(27)14-21-17(28)31-24-14/h4-6H,2-3H2,1H3,(H,20,27)(H,23,26)(H,21,24,28). The number of esters is 1. The highest BCUT2D eigenvalue weighted by Crippen LogP contribution is 2.38.